The van der Waals surface area contributed by atoms with Crippen LogP contribution in [0, 0.1) is 12.3 Å². The molecule has 0 amide bonds. The number of hydrogen-bond acceptors (Lipinski definition) is 6. The van der Waals surface area contributed by atoms with Gasteiger partial charge in [-0.05, 0) is 12.5 Å². The highest BCUT2D eigenvalue weighted by atomic mass is 19.3. The fraction of sp³-hybridized carbons (Fsp3) is 0.250. The Morgan fingerprint density at radius 1 is 1.52 bits per heavy atom. The quantitative estimate of drug-likeness (QED) is 0.519. The third kappa shape index (κ3) is 3.44. The van der Waals surface area contributed by atoms with Crippen LogP contribution in [0.3, 0.4) is 0 Å². The molecule has 2 rings (SSSR count). The Labute approximate surface area is 119 Å². The van der Waals surface area contributed by atoms with E-state index in [-0.39, 0.29) is 11.6 Å². The molecule has 0 radical (unpaired) electrons. The molecule has 2 aromatic heterocycles. The molecule has 6 N–H and O–H groups in total. The average Bonchev–Trinajstić information content (AvgIpc) is 2.79. The van der Waals surface area contributed by atoms with E-state index in [1.54, 1.807) is 6.20 Å². The van der Waals surface area contributed by atoms with Crippen molar-refractivity contribution in [2.75, 3.05) is 17.6 Å². The first kappa shape index (κ1) is 14.7. The summed E-state index contributed by atoms with van der Waals surface area (Å²) in [5.41, 5.74) is 7.58. The molecule has 0 aromatic carbocycles. The van der Waals surface area contributed by atoms with E-state index in [2.05, 4.69) is 25.6 Å². The number of nitrogens with one attached hydrogen (secondary N) is 4. The van der Waals surface area contributed by atoms with Gasteiger partial charge in [0.25, 0.3) is 6.43 Å². The lowest BCUT2D eigenvalue weighted by Gasteiger charge is -2.07. The number of anilines is 2. The summed E-state index contributed by atoms with van der Waals surface area (Å²) >= 11 is 0. The van der Waals surface area contributed by atoms with E-state index in [0.29, 0.717) is 11.5 Å². The maximum Gasteiger partial charge on any atom is 0.255 e. The normalized spacial score (nSPS) is 11.9. The third-order valence-corrected chi connectivity index (χ3v) is 2.70. The second-order valence-electron chi connectivity index (χ2n) is 4.30. The van der Waals surface area contributed by atoms with Gasteiger partial charge in [-0.15, -0.1) is 0 Å². The molecule has 0 saturated heterocycles. The number of rotatable bonds is 6. The molecule has 9 heteroatoms. The fourth-order valence-electron chi connectivity index (χ4n) is 1.78. The van der Waals surface area contributed by atoms with E-state index < -0.39 is 13.0 Å². The zero-order chi connectivity index (χ0) is 15.4. The van der Waals surface area contributed by atoms with Gasteiger partial charge in [-0.25, -0.2) is 8.78 Å². The van der Waals surface area contributed by atoms with Crippen molar-refractivity contribution in [1.82, 2.24) is 20.3 Å². The van der Waals surface area contributed by atoms with Gasteiger partial charge in [0.1, 0.15) is 11.5 Å². The molecule has 0 bridgehead atoms. The van der Waals surface area contributed by atoms with Crippen LogP contribution in [0.5, 0.6) is 0 Å². The van der Waals surface area contributed by atoms with Gasteiger partial charge in [0.15, 0.2) is 0 Å². The van der Waals surface area contributed by atoms with E-state index >= 15 is 0 Å². The van der Waals surface area contributed by atoms with E-state index in [9.17, 15) is 8.78 Å². The van der Waals surface area contributed by atoms with Gasteiger partial charge in [0, 0.05) is 18.6 Å². The first-order chi connectivity index (χ1) is 10.0. The summed E-state index contributed by atoms with van der Waals surface area (Å²) in [6, 6.07) is 0. The molecule has 0 unspecified atom stereocenters. The zero-order valence-corrected chi connectivity index (χ0v) is 11.2. The van der Waals surface area contributed by atoms with Crippen molar-refractivity contribution in [3.05, 3.63) is 23.7 Å². The van der Waals surface area contributed by atoms with Crippen LogP contribution in [0.25, 0.3) is 11.0 Å². The molecule has 0 aliphatic carbocycles. The highest BCUT2D eigenvalue weighted by Gasteiger charge is 2.09. The van der Waals surface area contributed by atoms with Crippen LogP contribution in [0.1, 0.15) is 5.56 Å². The number of halogens is 2. The Morgan fingerprint density at radius 2 is 2.29 bits per heavy atom. The minimum absolute atomic E-state index is 0.176. The Hall–Kier alpha value is -2.71. The Balaban J connectivity index is 2.19. The zero-order valence-electron chi connectivity index (χ0n) is 11.2. The molecular formula is C12H15F2N7. The Bertz CT molecular complexity index is 678. The van der Waals surface area contributed by atoms with Crippen molar-refractivity contribution in [1.29, 1.82) is 5.41 Å². The smallest absolute Gasteiger partial charge is 0.255 e. The standard InChI is InChI=1S/C12H15F2N7/c1-6-3-18-11-9(6)10(16)20-12(21-11)19-7(2-15)4-17-5-8(13)14/h2-4,8,15,17H,5H2,1H3,(H4,16,18,19,20,21)/b7-4+,15-2?. The minimum Gasteiger partial charge on any atom is -0.383 e. The molecule has 112 valence electrons. The van der Waals surface area contributed by atoms with Crippen LogP contribution in [0.2, 0.25) is 0 Å². The molecular weight excluding hydrogens is 280 g/mol. The maximum absolute atomic E-state index is 12.0. The van der Waals surface area contributed by atoms with Gasteiger partial charge in [-0.3, -0.25) is 0 Å². The van der Waals surface area contributed by atoms with Crippen molar-refractivity contribution in [3.63, 3.8) is 0 Å². The number of nitrogens with zero attached hydrogens (tertiary/aromatic N) is 2. The number of nitrogen functional groups attached to an aromatic ring is 1. The van der Waals surface area contributed by atoms with Crippen LogP contribution in [0.15, 0.2) is 18.1 Å². The summed E-state index contributed by atoms with van der Waals surface area (Å²) in [6.45, 7) is 1.37. The number of allylic oxidation sites excluding steroid dienone is 1. The molecule has 0 aliphatic rings. The SMILES string of the molecule is Cc1c[nH]c2nc(N/C(C=N)=C/NCC(F)F)nc(N)c12. The van der Waals surface area contributed by atoms with E-state index in [0.717, 1.165) is 17.2 Å². The number of hydrogen-bond donors (Lipinski definition) is 5. The van der Waals surface area contributed by atoms with Gasteiger partial charge < -0.3 is 26.8 Å². The molecule has 0 aliphatic heterocycles. The second-order valence-corrected chi connectivity index (χ2v) is 4.30. The highest BCUT2D eigenvalue weighted by Crippen LogP contribution is 2.22. The minimum atomic E-state index is -2.47. The lowest BCUT2D eigenvalue weighted by molar-refractivity contribution is 0.150. The van der Waals surface area contributed by atoms with E-state index in [1.165, 1.54) is 6.20 Å². The molecule has 0 spiro atoms. The van der Waals surface area contributed by atoms with Gasteiger partial charge in [0.05, 0.1) is 17.6 Å². The first-order valence-electron chi connectivity index (χ1n) is 6.11. The largest absolute Gasteiger partial charge is 0.383 e. The van der Waals surface area contributed by atoms with Gasteiger partial charge in [-0.2, -0.15) is 9.97 Å². The third-order valence-electron chi connectivity index (χ3n) is 2.70. The van der Waals surface area contributed by atoms with Crippen molar-refractivity contribution in [2.24, 2.45) is 0 Å². The molecule has 0 fully saturated rings. The Morgan fingerprint density at radius 3 is 2.95 bits per heavy atom. The number of nitrogens with two attached hydrogens (primary N) is 1. The van der Waals surface area contributed by atoms with Crippen molar-refractivity contribution in [3.8, 4) is 0 Å². The first-order valence-corrected chi connectivity index (χ1v) is 6.11. The molecule has 2 heterocycles. The van der Waals surface area contributed by atoms with E-state index in [4.69, 9.17) is 11.1 Å². The molecule has 21 heavy (non-hydrogen) atoms. The maximum atomic E-state index is 12.0. The summed E-state index contributed by atoms with van der Waals surface area (Å²) in [7, 11) is 0. The lowest BCUT2D eigenvalue weighted by atomic mass is 10.2. The average molecular weight is 295 g/mol. The van der Waals surface area contributed by atoms with Gasteiger partial charge in [-0.1, -0.05) is 0 Å². The van der Waals surface area contributed by atoms with Crippen molar-refractivity contribution < 1.29 is 8.78 Å². The van der Waals surface area contributed by atoms with Crippen LogP contribution in [-0.2, 0) is 0 Å². The van der Waals surface area contributed by atoms with E-state index in [1.807, 2.05) is 6.92 Å². The molecule has 0 saturated carbocycles. The lowest BCUT2D eigenvalue weighted by Crippen LogP contribution is -2.18. The number of aromatic amines is 1. The predicted octanol–water partition coefficient (Wildman–Crippen LogP) is 1.61. The highest BCUT2D eigenvalue weighted by molar-refractivity contribution is 5.90. The van der Waals surface area contributed by atoms with Crippen molar-refractivity contribution >= 4 is 29.0 Å². The number of fused-ring (bicyclic) bond motifs is 1. The summed E-state index contributed by atoms with van der Waals surface area (Å²) in [5.74, 6) is 0.474. The fourth-order valence-corrected chi connectivity index (χ4v) is 1.78. The molecule has 0 atom stereocenters. The van der Waals surface area contributed by atoms with Crippen LogP contribution in [-0.4, -0.2) is 34.1 Å². The molecule has 7 nitrogen and oxygen atoms in total. The van der Waals surface area contributed by atoms with Crippen LogP contribution < -0.4 is 16.4 Å². The number of aromatic nitrogens is 3. The summed E-state index contributed by atoms with van der Waals surface area (Å²) in [5, 5.41) is 13.1. The molecule has 2 aromatic rings. The number of H-pyrrole nitrogens is 1. The van der Waals surface area contributed by atoms with Gasteiger partial charge in [0.2, 0.25) is 5.95 Å². The summed E-state index contributed by atoms with van der Waals surface area (Å²) in [6.07, 6.45) is 1.50. The van der Waals surface area contributed by atoms with Gasteiger partial charge >= 0.3 is 0 Å². The monoisotopic (exact) mass is 295 g/mol. The van der Waals surface area contributed by atoms with Crippen LogP contribution >= 0.6 is 0 Å². The van der Waals surface area contributed by atoms with Crippen LogP contribution in [0.4, 0.5) is 20.5 Å². The van der Waals surface area contributed by atoms with Crippen molar-refractivity contribution in [2.45, 2.75) is 13.3 Å². The predicted molar refractivity (Wildman–Crippen MR) is 77.5 cm³/mol. The number of alkyl halides is 2. The summed E-state index contributed by atoms with van der Waals surface area (Å²) < 4.78 is 24.1. The topological polar surface area (TPSA) is 116 Å². The second kappa shape index (κ2) is 6.16. The summed E-state index contributed by atoms with van der Waals surface area (Å²) in [4.78, 5) is 11.2. The Kier molecular flexibility index (Phi) is 4.31. The number of aryl methyl sites for hydroxylation is 1.